The fourth-order valence-electron chi connectivity index (χ4n) is 2.48. The molecule has 0 spiro atoms. The molecule has 1 aromatic heterocycles. The Hall–Kier alpha value is -3.42. The van der Waals surface area contributed by atoms with Crippen LogP contribution >= 0.6 is 0 Å². The molecule has 1 aliphatic heterocycles. The van der Waals surface area contributed by atoms with Crippen LogP contribution in [0.25, 0.3) is 0 Å². The summed E-state index contributed by atoms with van der Waals surface area (Å²) in [5.41, 5.74) is 0.542. The summed E-state index contributed by atoms with van der Waals surface area (Å²) >= 11 is 0. The van der Waals surface area contributed by atoms with E-state index in [0.717, 1.165) is 23.9 Å². The van der Waals surface area contributed by atoms with Gasteiger partial charge < -0.3 is 21.1 Å². The number of anilines is 2. The fourth-order valence-corrected chi connectivity index (χ4v) is 2.48. The van der Waals surface area contributed by atoms with Gasteiger partial charge in [0.15, 0.2) is 0 Å². The van der Waals surface area contributed by atoms with Crippen LogP contribution in [0.5, 0.6) is 0 Å². The van der Waals surface area contributed by atoms with Gasteiger partial charge in [0, 0.05) is 18.3 Å². The first-order chi connectivity index (χ1) is 15.3. The van der Waals surface area contributed by atoms with Gasteiger partial charge in [0.1, 0.15) is 11.9 Å². The van der Waals surface area contributed by atoms with Crippen molar-refractivity contribution < 1.29 is 45.4 Å². The van der Waals surface area contributed by atoms with Crippen LogP contribution < -0.4 is 16.0 Å². The van der Waals surface area contributed by atoms with Gasteiger partial charge in [-0.25, -0.2) is 19.0 Å². The maximum atomic E-state index is 13.2. The molecule has 14 heteroatoms. The van der Waals surface area contributed by atoms with Gasteiger partial charge in [-0.3, -0.25) is 0 Å². The average Bonchev–Trinajstić information content (AvgIpc) is 2.71. The number of halogens is 7. The molecule has 0 saturated carbocycles. The van der Waals surface area contributed by atoms with Gasteiger partial charge in [-0.2, -0.15) is 26.3 Å². The van der Waals surface area contributed by atoms with E-state index in [0.29, 0.717) is 18.7 Å². The first-order valence-corrected chi connectivity index (χ1v) is 9.13. The van der Waals surface area contributed by atoms with Crippen LogP contribution in [0.3, 0.4) is 0 Å². The Morgan fingerprint density at radius 3 is 1.94 bits per heavy atom. The minimum absolute atomic E-state index is 0.136. The molecule has 2 aromatic rings. The summed E-state index contributed by atoms with van der Waals surface area (Å²) in [4.78, 5) is 24.1. The molecule has 0 aliphatic carbocycles. The molecule has 7 nitrogen and oxygen atoms in total. The van der Waals surface area contributed by atoms with Crippen molar-refractivity contribution in [1.29, 1.82) is 0 Å². The smallest absolute Gasteiger partial charge is 0.475 e. The number of aliphatic carboxylic acids is 1. The number of amides is 2. The van der Waals surface area contributed by atoms with E-state index in [1.807, 2.05) is 0 Å². The molecule has 0 unspecified atom stereocenters. The molecule has 1 fully saturated rings. The van der Waals surface area contributed by atoms with E-state index in [1.165, 1.54) is 0 Å². The van der Waals surface area contributed by atoms with E-state index in [2.05, 4.69) is 20.9 Å². The number of alkyl halides is 7. The number of carbonyl (C=O) groups is 2. The number of carboxylic acids is 1. The van der Waals surface area contributed by atoms with Crippen LogP contribution in [0, 0.1) is 0 Å². The molecule has 2 heterocycles. The summed E-state index contributed by atoms with van der Waals surface area (Å²) in [5.74, 6) is -2.76. The highest BCUT2D eigenvalue weighted by atomic mass is 19.4. The number of nitrogens with zero attached hydrogens (tertiary/aromatic N) is 1. The van der Waals surface area contributed by atoms with Crippen molar-refractivity contribution in [3.05, 3.63) is 53.9 Å². The maximum Gasteiger partial charge on any atom is 0.490 e. The van der Waals surface area contributed by atoms with Crippen molar-refractivity contribution in [3.8, 4) is 0 Å². The van der Waals surface area contributed by atoms with Crippen LogP contribution in [0.4, 0.5) is 46.9 Å². The molecule has 1 aliphatic rings. The van der Waals surface area contributed by atoms with Crippen molar-refractivity contribution in [2.24, 2.45) is 0 Å². The van der Waals surface area contributed by atoms with Gasteiger partial charge in [-0.05, 0) is 36.2 Å². The molecule has 180 valence electrons. The van der Waals surface area contributed by atoms with E-state index in [-0.39, 0.29) is 11.7 Å². The number of pyridine rings is 1. The lowest BCUT2D eigenvalue weighted by molar-refractivity contribution is -0.192. The van der Waals surface area contributed by atoms with Crippen molar-refractivity contribution in [2.75, 3.05) is 17.2 Å². The second-order valence-corrected chi connectivity index (χ2v) is 6.74. The number of carbonyl (C=O) groups excluding carboxylic acids is 1. The first-order valence-electron chi connectivity index (χ1n) is 9.13. The number of aromatic nitrogens is 1. The molecule has 1 aromatic carbocycles. The Balaban J connectivity index is 0.000000479. The van der Waals surface area contributed by atoms with E-state index in [1.54, 1.807) is 24.3 Å². The third kappa shape index (κ3) is 8.21. The Morgan fingerprint density at radius 2 is 1.55 bits per heavy atom. The quantitative estimate of drug-likeness (QED) is 0.489. The molecule has 0 radical (unpaired) electrons. The van der Waals surface area contributed by atoms with E-state index >= 15 is 0 Å². The number of rotatable bonds is 4. The molecule has 2 atom stereocenters. The SMILES string of the molecule is O=C(Nc1ccc(C[C@@H]2NC[C@@H]2F)cc1)Nc1ccc(C(F)(F)F)nc1.O=C(O)C(F)(F)F. The number of nitrogens with one attached hydrogen (secondary N) is 3. The summed E-state index contributed by atoms with van der Waals surface area (Å²) < 4.78 is 82.3. The lowest BCUT2D eigenvalue weighted by Crippen LogP contribution is -2.55. The summed E-state index contributed by atoms with van der Waals surface area (Å²) in [5, 5.41) is 15.1. The standard InChI is InChI=1S/C17H16F4N4O.C2HF3O2/c18-13-9-22-14(13)7-10-1-3-11(4-2-10)24-16(26)25-12-5-6-15(23-8-12)17(19,20)21;3-2(4,5)1(6)7/h1-6,8,13-14,22H,7,9H2,(H2,24,25,26);(H,6,7)/t13-,14-;/m0./s1. The number of carboxylic acid groups (broad SMARTS) is 1. The molecule has 0 bridgehead atoms. The van der Waals surface area contributed by atoms with Crippen molar-refractivity contribution in [3.63, 3.8) is 0 Å². The summed E-state index contributed by atoms with van der Waals surface area (Å²) in [6.07, 6.45) is -8.95. The third-order valence-electron chi connectivity index (χ3n) is 4.23. The first kappa shape index (κ1) is 25.8. The van der Waals surface area contributed by atoms with Crippen molar-refractivity contribution in [1.82, 2.24) is 10.3 Å². The number of hydrogen-bond donors (Lipinski definition) is 4. The van der Waals surface area contributed by atoms with Crippen molar-refractivity contribution >= 4 is 23.4 Å². The average molecular weight is 482 g/mol. The van der Waals surface area contributed by atoms with E-state index < -0.39 is 36.2 Å². The van der Waals surface area contributed by atoms with Crippen molar-refractivity contribution in [2.45, 2.75) is 31.0 Å². The maximum absolute atomic E-state index is 13.2. The monoisotopic (exact) mass is 482 g/mol. The fraction of sp³-hybridized carbons (Fsp3) is 0.316. The Labute approximate surface area is 182 Å². The van der Waals surface area contributed by atoms with Gasteiger partial charge in [-0.1, -0.05) is 12.1 Å². The Kier molecular flexibility index (Phi) is 8.19. The van der Waals surface area contributed by atoms with Crippen LogP contribution in [-0.4, -0.2) is 47.0 Å². The molecule has 2 amide bonds. The van der Waals surface area contributed by atoms with Gasteiger partial charge in [-0.15, -0.1) is 0 Å². The largest absolute Gasteiger partial charge is 0.490 e. The number of benzene rings is 1. The molecule has 1 saturated heterocycles. The molecule has 33 heavy (non-hydrogen) atoms. The zero-order valence-corrected chi connectivity index (χ0v) is 16.5. The Bertz CT molecular complexity index is 948. The predicted octanol–water partition coefficient (Wildman–Crippen LogP) is 4.23. The van der Waals surface area contributed by atoms with E-state index in [9.17, 15) is 35.5 Å². The number of hydrogen-bond acceptors (Lipinski definition) is 4. The van der Waals surface area contributed by atoms with Crippen LogP contribution in [0.15, 0.2) is 42.6 Å². The van der Waals surface area contributed by atoms with Gasteiger partial charge >= 0.3 is 24.4 Å². The van der Waals surface area contributed by atoms with Crippen LogP contribution in [0.2, 0.25) is 0 Å². The third-order valence-corrected chi connectivity index (χ3v) is 4.23. The summed E-state index contributed by atoms with van der Waals surface area (Å²) in [6.45, 7) is 0.378. The molecule has 4 N–H and O–H groups in total. The normalized spacial score (nSPS) is 17.8. The predicted molar refractivity (Wildman–Crippen MR) is 102 cm³/mol. The van der Waals surface area contributed by atoms with Gasteiger partial charge in [0.05, 0.1) is 11.9 Å². The van der Waals surface area contributed by atoms with Gasteiger partial charge in [0.25, 0.3) is 0 Å². The highest BCUT2D eigenvalue weighted by molar-refractivity contribution is 5.99. The molecular weight excluding hydrogens is 465 g/mol. The molecular formula is C19H17F7N4O3. The zero-order chi connectivity index (χ0) is 24.8. The van der Waals surface area contributed by atoms with Crippen LogP contribution in [-0.2, 0) is 17.4 Å². The van der Waals surface area contributed by atoms with E-state index in [4.69, 9.17) is 9.90 Å². The molecule has 3 rings (SSSR count). The van der Waals surface area contributed by atoms with Crippen LogP contribution in [0.1, 0.15) is 11.3 Å². The Morgan fingerprint density at radius 1 is 1.00 bits per heavy atom. The topological polar surface area (TPSA) is 103 Å². The van der Waals surface area contributed by atoms with Gasteiger partial charge in [0.2, 0.25) is 0 Å². The second kappa shape index (κ2) is 10.5. The lowest BCUT2D eigenvalue weighted by Gasteiger charge is -2.32. The zero-order valence-electron chi connectivity index (χ0n) is 16.5. The summed E-state index contributed by atoms with van der Waals surface area (Å²) in [6, 6.07) is 8.03. The highest BCUT2D eigenvalue weighted by Crippen LogP contribution is 2.27. The summed E-state index contributed by atoms with van der Waals surface area (Å²) in [7, 11) is 0. The number of urea groups is 1. The minimum atomic E-state index is -5.08. The lowest BCUT2D eigenvalue weighted by atomic mass is 9.96. The minimum Gasteiger partial charge on any atom is -0.475 e. The second-order valence-electron chi connectivity index (χ2n) is 6.74. The highest BCUT2D eigenvalue weighted by Gasteiger charge is 2.38.